The molecule has 0 aliphatic rings. The second-order valence-corrected chi connectivity index (χ2v) is 8.65. The molecule has 3 aromatic carbocycles. The zero-order valence-electron chi connectivity index (χ0n) is 21.2. The van der Waals surface area contributed by atoms with Crippen LogP contribution in [-0.4, -0.2) is 35.7 Å². The highest BCUT2D eigenvalue weighted by Crippen LogP contribution is 2.29. The van der Waals surface area contributed by atoms with Gasteiger partial charge in [-0.25, -0.2) is 4.98 Å². The Kier molecular flexibility index (Phi) is 8.40. The van der Waals surface area contributed by atoms with Crippen LogP contribution in [-0.2, 0) is 13.0 Å². The van der Waals surface area contributed by atoms with E-state index in [-0.39, 0.29) is 5.91 Å². The molecule has 0 spiro atoms. The maximum Gasteiger partial charge on any atom is 0.251 e. The lowest BCUT2D eigenvalue weighted by Crippen LogP contribution is -2.26. The Labute approximate surface area is 212 Å². The molecule has 0 aliphatic carbocycles. The second-order valence-electron chi connectivity index (χ2n) is 8.65. The first kappa shape index (κ1) is 25.0. The molecule has 0 aliphatic heterocycles. The van der Waals surface area contributed by atoms with Crippen molar-refractivity contribution in [1.82, 2.24) is 14.9 Å². The molecular formula is C30H33N3O3. The summed E-state index contributed by atoms with van der Waals surface area (Å²) in [6.45, 7) is 5.83. The van der Waals surface area contributed by atoms with Gasteiger partial charge in [0.15, 0.2) is 11.5 Å². The number of rotatable bonds is 11. The van der Waals surface area contributed by atoms with Gasteiger partial charge in [-0.05, 0) is 62.2 Å². The number of benzene rings is 3. The lowest BCUT2D eigenvalue weighted by molar-refractivity contribution is 0.0954. The van der Waals surface area contributed by atoms with Crippen LogP contribution in [0.15, 0.2) is 72.8 Å². The first-order valence-electron chi connectivity index (χ1n) is 12.3. The summed E-state index contributed by atoms with van der Waals surface area (Å²) in [6, 6.07) is 21.7. The first-order valence-corrected chi connectivity index (χ1v) is 12.3. The molecule has 0 unspecified atom stereocenters. The third-order valence-electron chi connectivity index (χ3n) is 6.01. The number of carbonyl (C=O) groups is 1. The van der Waals surface area contributed by atoms with Crippen molar-refractivity contribution in [2.45, 2.75) is 33.2 Å². The topological polar surface area (TPSA) is 65.4 Å². The highest BCUT2D eigenvalue weighted by atomic mass is 16.5. The van der Waals surface area contributed by atoms with Crippen molar-refractivity contribution in [3.8, 4) is 11.5 Å². The van der Waals surface area contributed by atoms with E-state index < -0.39 is 0 Å². The van der Waals surface area contributed by atoms with Gasteiger partial charge in [-0.3, -0.25) is 4.79 Å². The van der Waals surface area contributed by atoms with Crippen molar-refractivity contribution < 1.29 is 14.3 Å². The number of nitrogens with one attached hydrogen (secondary N) is 1. The fraction of sp³-hybridized carbons (Fsp3) is 0.267. The van der Waals surface area contributed by atoms with Crippen molar-refractivity contribution in [1.29, 1.82) is 0 Å². The number of ether oxygens (including phenoxy) is 2. The van der Waals surface area contributed by atoms with Crippen LogP contribution in [0.25, 0.3) is 17.1 Å². The van der Waals surface area contributed by atoms with Crippen LogP contribution < -0.4 is 14.8 Å². The number of hydrogen-bond acceptors (Lipinski definition) is 4. The molecule has 1 aromatic heterocycles. The molecule has 1 amide bonds. The average molecular weight is 484 g/mol. The van der Waals surface area contributed by atoms with Crippen LogP contribution in [0.1, 0.15) is 40.7 Å². The summed E-state index contributed by atoms with van der Waals surface area (Å²) >= 11 is 0. The number of fused-ring (bicyclic) bond motifs is 1. The number of carbonyl (C=O) groups excluding carboxylic acids is 1. The number of hydrogen-bond donors (Lipinski definition) is 1. The van der Waals surface area contributed by atoms with Crippen molar-refractivity contribution in [3.63, 3.8) is 0 Å². The highest BCUT2D eigenvalue weighted by Gasteiger charge is 2.12. The Morgan fingerprint density at radius 1 is 1.06 bits per heavy atom. The maximum absolute atomic E-state index is 12.5. The van der Waals surface area contributed by atoms with Crippen LogP contribution in [0.2, 0.25) is 0 Å². The summed E-state index contributed by atoms with van der Waals surface area (Å²) in [5.41, 5.74) is 4.92. The van der Waals surface area contributed by atoms with Crippen molar-refractivity contribution in [2.75, 3.05) is 20.3 Å². The van der Waals surface area contributed by atoms with Gasteiger partial charge in [0.2, 0.25) is 0 Å². The predicted octanol–water partition coefficient (Wildman–Crippen LogP) is 5.83. The Morgan fingerprint density at radius 3 is 2.64 bits per heavy atom. The number of nitrogens with zero attached hydrogens (tertiary/aromatic N) is 2. The average Bonchev–Trinajstić information content (AvgIpc) is 3.24. The summed E-state index contributed by atoms with van der Waals surface area (Å²) < 4.78 is 13.8. The molecule has 1 N–H and O–H groups in total. The van der Waals surface area contributed by atoms with Crippen LogP contribution in [0.4, 0.5) is 0 Å². The number of methoxy groups -OCH3 is 1. The van der Waals surface area contributed by atoms with Gasteiger partial charge in [-0.15, -0.1) is 0 Å². The number of imidazole rings is 1. The molecule has 1 heterocycles. The lowest BCUT2D eigenvalue weighted by atomic mass is 10.1. The number of aromatic nitrogens is 2. The standard InChI is InChI=1S/C30H33N3O3/c1-4-8-23-13-16-27(28(21-23)35-3)36-20-7-19-33-26-10-6-5-9-25(26)32-29(33)17-18-31-30(34)24-14-11-22(2)12-15-24/h4-6,8-16,21H,7,17-20H2,1-3H3,(H,31,34)/b8-4+. The van der Waals surface area contributed by atoms with E-state index >= 15 is 0 Å². The van der Waals surface area contributed by atoms with E-state index in [1.54, 1.807) is 7.11 Å². The van der Waals surface area contributed by atoms with Gasteiger partial charge < -0.3 is 19.4 Å². The van der Waals surface area contributed by atoms with Crippen molar-refractivity contribution in [3.05, 3.63) is 95.3 Å². The molecule has 4 rings (SSSR count). The molecule has 0 saturated heterocycles. The van der Waals surface area contributed by atoms with Gasteiger partial charge in [0.25, 0.3) is 5.91 Å². The fourth-order valence-electron chi connectivity index (χ4n) is 4.16. The van der Waals surface area contributed by atoms with Gasteiger partial charge in [0.05, 0.1) is 24.8 Å². The van der Waals surface area contributed by atoms with E-state index in [1.807, 2.05) is 86.7 Å². The second kappa shape index (κ2) is 12.1. The van der Waals surface area contributed by atoms with Crippen LogP contribution in [0, 0.1) is 6.92 Å². The Morgan fingerprint density at radius 2 is 1.86 bits per heavy atom. The number of aryl methyl sites for hydroxylation is 2. The Hall–Kier alpha value is -4.06. The smallest absolute Gasteiger partial charge is 0.251 e. The maximum atomic E-state index is 12.5. The van der Waals surface area contributed by atoms with Crippen molar-refractivity contribution >= 4 is 23.0 Å². The number of para-hydroxylation sites is 2. The minimum absolute atomic E-state index is 0.0690. The number of allylic oxidation sites excluding steroid dienone is 1. The molecule has 36 heavy (non-hydrogen) atoms. The zero-order valence-corrected chi connectivity index (χ0v) is 21.2. The summed E-state index contributed by atoms with van der Waals surface area (Å²) in [5.74, 6) is 2.35. The van der Waals surface area contributed by atoms with E-state index in [0.717, 1.165) is 52.4 Å². The van der Waals surface area contributed by atoms with Gasteiger partial charge in [-0.1, -0.05) is 48.0 Å². The highest BCUT2D eigenvalue weighted by molar-refractivity contribution is 5.94. The quantitative estimate of drug-likeness (QED) is 0.273. The summed E-state index contributed by atoms with van der Waals surface area (Å²) in [7, 11) is 1.66. The first-order chi connectivity index (χ1) is 17.6. The lowest BCUT2D eigenvalue weighted by Gasteiger charge is -2.13. The van der Waals surface area contributed by atoms with E-state index in [9.17, 15) is 4.79 Å². The molecular weight excluding hydrogens is 450 g/mol. The van der Waals surface area contributed by atoms with Gasteiger partial charge in [0, 0.05) is 25.1 Å². The molecule has 0 atom stereocenters. The minimum atomic E-state index is -0.0690. The molecule has 6 heteroatoms. The zero-order chi connectivity index (χ0) is 25.3. The van der Waals surface area contributed by atoms with Crippen LogP contribution in [0.5, 0.6) is 11.5 Å². The third-order valence-corrected chi connectivity index (χ3v) is 6.01. The van der Waals surface area contributed by atoms with Crippen molar-refractivity contribution in [2.24, 2.45) is 0 Å². The number of amides is 1. The molecule has 0 fully saturated rings. The molecule has 0 saturated carbocycles. The van der Waals surface area contributed by atoms with Gasteiger partial charge in [-0.2, -0.15) is 0 Å². The van der Waals surface area contributed by atoms with Crippen LogP contribution >= 0.6 is 0 Å². The summed E-state index contributed by atoms with van der Waals surface area (Å²) in [6.07, 6.45) is 5.48. The third kappa shape index (κ3) is 6.13. The summed E-state index contributed by atoms with van der Waals surface area (Å²) in [4.78, 5) is 17.3. The largest absolute Gasteiger partial charge is 0.493 e. The van der Waals surface area contributed by atoms with Crippen LogP contribution in [0.3, 0.4) is 0 Å². The molecule has 186 valence electrons. The minimum Gasteiger partial charge on any atom is -0.493 e. The Bertz CT molecular complexity index is 1340. The van der Waals surface area contributed by atoms with Gasteiger partial charge >= 0.3 is 0 Å². The Balaban J connectivity index is 1.37. The molecule has 0 bridgehead atoms. The van der Waals surface area contributed by atoms with E-state index in [1.165, 1.54) is 0 Å². The van der Waals surface area contributed by atoms with Gasteiger partial charge in [0.1, 0.15) is 5.82 Å². The van der Waals surface area contributed by atoms with E-state index in [4.69, 9.17) is 14.5 Å². The summed E-state index contributed by atoms with van der Waals surface area (Å²) in [5, 5.41) is 3.02. The van der Waals surface area contributed by atoms with E-state index in [0.29, 0.717) is 25.1 Å². The van der Waals surface area contributed by atoms with E-state index in [2.05, 4.69) is 16.0 Å². The SMILES string of the molecule is C/C=C/c1ccc(OCCCn2c(CCNC(=O)c3ccc(C)cc3)nc3ccccc32)c(OC)c1. The predicted molar refractivity (Wildman–Crippen MR) is 145 cm³/mol. The fourth-order valence-corrected chi connectivity index (χ4v) is 4.16. The normalized spacial score (nSPS) is 11.2. The molecule has 4 aromatic rings. The molecule has 6 nitrogen and oxygen atoms in total. The molecule has 0 radical (unpaired) electrons. The monoisotopic (exact) mass is 483 g/mol.